The number of nitrogens with zero attached hydrogens (tertiary/aromatic N) is 1. The maximum atomic E-state index is 9.64. The molecule has 130 valence electrons. The van der Waals surface area contributed by atoms with Crippen LogP contribution in [-0.2, 0) is 0 Å². The van der Waals surface area contributed by atoms with Gasteiger partial charge in [0.05, 0.1) is 18.9 Å². The molecular formula is C19H19NO4S. The van der Waals surface area contributed by atoms with E-state index in [1.807, 2.05) is 37.4 Å². The highest BCUT2D eigenvalue weighted by Crippen LogP contribution is 2.36. The Morgan fingerprint density at radius 2 is 1.56 bits per heavy atom. The van der Waals surface area contributed by atoms with Crippen molar-refractivity contribution in [3.8, 4) is 44.8 Å². The Kier molecular flexibility index (Phi) is 5.09. The Bertz CT molecular complexity index is 855. The van der Waals surface area contributed by atoms with Crippen LogP contribution in [0.5, 0.6) is 23.0 Å². The summed E-state index contributed by atoms with van der Waals surface area (Å²) in [5, 5.41) is 22.0. The van der Waals surface area contributed by atoms with Gasteiger partial charge in [0.1, 0.15) is 16.5 Å². The topological polar surface area (TPSA) is 71.8 Å². The maximum absolute atomic E-state index is 9.64. The normalized spacial score (nSPS) is 10.6. The molecule has 0 saturated heterocycles. The molecule has 2 N–H and O–H groups in total. The summed E-state index contributed by atoms with van der Waals surface area (Å²) in [6, 6.07) is 10.2. The molecule has 3 aromatic rings. The number of phenols is 2. The monoisotopic (exact) mass is 357 g/mol. The molecule has 0 aliphatic heterocycles. The summed E-state index contributed by atoms with van der Waals surface area (Å²) >= 11 is 1.48. The van der Waals surface area contributed by atoms with Gasteiger partial charge in [0, 0.05) is 22.6 Å². The zero-order chi connectivity index (χ0) is 17.8. The van der Waals surface area contributed by atoms with Crippen molar-refractivity contribution in [2.45, 2.75) is 13.8 Å². The fourth-order valence-corrected chi connectivity index (χ4v) is 3.29. The largest absolute Gasteiger partial charge is 0.508 e. The first-order valence-electron chi connectivity index (χ1n) is 7.99. The zero-order valence-corrected chi connectivity index (χ0v) is 14.8. The van der Waals surface area contributed by atoms with Gasteiger partial charge in [0.15, 0.2) is 11.5 Å². The molecule has 0 aliphatic rings. The molecule has 0 atom stereocenters. The highest BCUT2D eigenvalue weighted by Gasteiger charge is 2.12. The smallest absolute Gasteiger partial charge is 0.161 e. The quantitative estimate of drug-likeness (QED) is 0.670. The molecule has 5 nitrogen and oxygen atoms in total. The number of rotatable bonds is 6. The van der Waals surface area contributed by atoms with E-state index < -0.39 is 0 Å². The summed E-state index contributed by atoms with van der Waals surface area (Å²) < 4.78 is 11.2. The first kappa shape index (κ1) is 17.1. The SMILES string of the molecule is CCOc1ccc(-c2nc(-c3cc(O)cc(O)c3)cs2)cc1OCC. The minimum absolute atomic E-state index is 0.00393. The van der Waals surface area contributed by atoms with E-state index in [1.165, 1.54) is 17.4 Å². The number of phenolic OH excluding ortho intramolecular Hbond substituents is 2. The molecule has 1 heterocycles. The number of benzene rings is 2. The summed E-state index contributed by atoms with van der Waals surface area (Å²) in [4.78, 5) is 4.61. The molecule has 0 radical (unpaired) electrons. The fraction of sp³-hybridized carbons (Fsp3) is 0.211. The van der Waals surface area contributed by atoms with Crippen LogP contribution in [0.4, 0.5) is 0 Å². The summed E-state index contributed by atoms with van der Waals surface area (Å²) in [5.41, 5.74) is 2.28. The Balaban J connectivity index is 1.95. The minimum Gasteiger partial charge on any atom is -0.508 e. The second kappa shape index (κ2) is 7.44. The molecule has 0 fully saturated rings. The van der Waals surface area contributed by atoms with Crippen molar-refractivity contribution in [2.75, 3.05) is 13.2 Å². The van der Waals surface area contributed by atoms with Crippen molar-refractivity contribution in [3.63, 3.8) is 0 Å². The molecule has 3 rings (SSSR count). The standard InChI is InChI=1S/C19H19NO4S/c1-3-23-17-6-5-12(9-18(17)24-4-2)19-20-16(11-25-19)13-7-14(21)10-15(22)8-13/h5-11,21-22H,3-4H2,1-2H3. The number of ether oxygens (including phenoxy) is 2. The average Bonchev–Trinajstić information content (AvgIpc) is 3.06. The van der Waals surface area contributed by atoms with Gasteiger partial charge in [-0.25, -0.2) is 4.98 Å². The molecular weight excluding hydrogens is 338 g/mol. The molecule has 0 saturated carbocycles. The van der Waals surface area contributed by atoms with Crippen molar-refractivity contribution in [1.82, 2.24) is 4.98 Å². The molecule has 0 amide bonds. The summed E-state index contributed by atoms with van der Waals surface area (Å²) in [5.74, 6) is 1.41. The summed E-state index contributed by atoms with van der Waals surface area (Å²) in [6.07, 6.45) is 0. The molecule has 0 bridgehead atoms. The van der Waals surface area contributed by atoms with Crippen LogP contribution in [0, 0.1) is 0 Å². The first-order chi connectivity index (χ1) is 12.1. The van der Waals surface area contributed by atoms with E-state index in [2.05, 4.69) is 4.98 Å². The molecule has 2 aromatic carbocycles. The zero-order valence-electron chi connectivity index (χ0n) is 14.0. The van der Waals surface area contributed by atoms with E-state index in [1.54, 1.807) is 12.1 Å². The van der Waals surface area contributed by atoms with Gasteiger partial charge in [-0.05, 0) is 44.2 Å². The Morgan fingerprint density at radius 1 is 0.880 bits per heavy atom. The van der Waals surface area contributed by atoms with Crippen LogP contribution in [0.1, 0.15) is 13.8 Å². The lowest BCUT2D eigenvalue weighted by atomic mass is 10.1. The summed E-state index contributed by atoms with van der Waals surface area (Å²) in [7, 11) is 0. The third-order valence-corrected chi connectivity index (χ3v) is 4.38. The maximum Gasteiger partial charge on any atom is 0.161 e. The van der Waals surface area contributed by atoms with Crippen molar-refractivity contribution < 1.29 is 19.7 Å². The highest BCUT2D eigenvalue weighted by atomic mass is 32.1. The lowest BCUT2D eigenvalue weighted by molar-refractivity contribution is 0.288. The van der Waals surface area contributed by atoms with Gasteiger partial charge < -0.3 is 19.7 Å². The van der Waals surface area contributed by atoms with Gasteiger partial charge in [-0.15, -0.1) is 11.3 Å². The molecule has 1 aromatic heterocycles. The van der Waals surface area contributed by atoms with E-state index in [9.17, 15) is 10.2 Å². The van der Waals surface area contributed by atoms with Crippen LogP contribution in [0.3, 0.4) is 0 Å². The predicted molar refractivity (Wildman–Crippen MR) is 98.7 cm³/mol. The molecule has 25 heavy (non-hydrogen) atoms. The molecule has 6 heteroatoms. The molecule has 0 unspecified atom stereocenters. The number of aromatic hydroxyl groups is 2. The van der Waals surface area contributed by atoms with Crippen LogP contribution < -0.4 is 9.47 Å². The van der Waals surface area contributed by atoms with E-state index in [-0.39, 0.29) is 11.5 Å². The average molecular weight is 357 g/mol. The third kappa shape index (κ3) is 3.85. The van der Waals surface area contributed by atoms with Gasteiger partial charge in [-0.2, -0.15) is 0 Å². The third-order valence-electron chi connectivity index (χ3n) is 3.49. The lowest BCUT2D eigenvalue weighted by Crippen LogP contribution is -1.98. The molecule has 0 spiro atoms. The van der Waals surface area contributed by atoms with E-state index in [0.717, 1.165) is 10.6 Å². The van der Waals surface area contributed by atoms with Crippen LogP contribution >= 0.6 is 11.3 Å². The Morgan fingerprint density at radius 3 is 2.24 bits per heavy atom. The lowest BCUT2D eigenvalue weighted by Gasteiger charge is -2.11. The second-order valence-corrected chi connectivity index (χ2v) is 6.16. The Hall–Kier alpha value is -2.73. The van der Waals surface area contributed by atoms with Gasteiger partial charge in [-0.3, -0.25) is 0 Å². The highest BCUT2D eigenvalue weighted by molar-refractivity contribution is 7.13. The van der Waals surface area contributed by atoms with Gasteiger partial charge in [-0.1, -0.05) is 0 Å². The van der Waals surface area contributed by atoms with Crippen molar-refractivity contribution in [1.29, 1.82) is 0 Å². The van der Waals surface area contributed by atoms with Gasteiger partial charge in [0.25, 0.3) is 0 Å². The minimum atomic E-state index is 0.00393. The van der Waals surface area contributed by atoms with E-state index in [4.69, 9.17) is 9.47 Å². The number of hydrogen-bond donors (Lipinski definition) is 2. The van der Waals surface area contributed by atoms with Crippen LogP contribution in [-0.4, -0.2) is 28.4 Å². The Labute approximate surface area is 150 Å². The van der Waals surface area contributed by atoms with Crippen molar-refractivity contribution in [3.05, 3.63) is 41.8 Å². The van der Waals surface area contributed by atoms with Crippen LogP contribution in [0.25, 0.3) is 21.8 Å². The number of aromatic nitrogens is 1. The fourth-order valence-electron chi connectivity index (χ4n) is 2.47. The molecule has 0 aliphatic carbocycles. The predicted octanol–water partition coefficient (Wildman–Crippen LogP) is 4.69. The second-order valence-electron chi connectivity index (χ2n) is 5.30. The van der Waals surface area contributed by atoms with Gasteiger partial charge in [0.2, 0.25) is 0 Å². The first-order valence-corrected chi connectivity index (χ1v) is 8.87. The number of hydrogen-bond acceptors (Lipinski definition) is 6. The van der Waals surface area contributed by atoms with Crippen molar-refractivity contribution >= 4 is 11.3 Å². The van der Waals surface area contributed by atoms with Crippen LogP contribution in [0.15, 0.2) is 41.8 Å². The van der Waals surface area contributed by atoms with Crippen LogP contribution in [0.2, 0.25) is 0 Å². The van der Waals surface area contributed by atoms with Gasteiger partial charge >= 0.3 is 0 Å². The summed E-state index contributed by atoms with van der Waals surface area (Å²) in [6.45, 7) is 4.98. The van der Waals surface area contributed by atoms with E-state index >= 15 is 0 Å². The van der Waals surface area contributed by atoms with Crippen molar-refractivity contribution in [2.24, 2.45) is 0 Å². The van der Waals surface area contributed by atoms with E-state index in [0.29, 0.717) is 36.0 Å². The number of thiazole rings is 1.